The van der Waals surface area contributed by atoms with E-state index in [0.29, 0.717) is 24.9 Å². The fraction of sp³-hybridized carbons (Fsp3) is 0.318. The van der Waals surface area contributed by atoms with E-state index >= 15 is 0 Å². The quantitative estimate of drug-likeness (QED) is 0.671. The van der Waals surface area contributed by atoms with Crippen LogP contribution in [0.15, 0.2) is 53.1 Å². The van der Waals surface area contributed by atoms with E-state index in [-0.39, 0.29) is 17.6 Å². The Bertz CT molecular complexity index is 988. The first kappa shape index (κ1) is 19.9. The molecule has 1 saturated heterocycles. The first-order chi connectivity index (χ1) is 14.6. The minimum absolute atomic E-state index is 0.0288. The van der Waals surface area contributed by atoms with Crippen LogP contribution in [0, 0.1) is 11.7 Å². The highest BCUT2D eigenvalue weighted by Crippen LogP contribution is 2.26. The van der Waals surface area contributed by atoms with Crippen LogP contribution in [0.2, 0.25) is 0 Å². The Morgan fingerprint density at radius 3 is 2.73 bits per heavy atom. The van der Waals surface area contributed by atoms with E-state index in [9.17, 15) is 9.18 Å². The Kier molecular flexibility index (Phi) is 5.92. The zero-order valence-electron chi connectivity index (χ0n) is 16.7. The minimum atomic E-state index is -0.290. The predicted molar refractivity (Wildman–Crippen MR) is 109 cm³/mol. The molecule has 4 rings (SSSR count). The maximum Gasteiger partial charge on any atom is 0.324 e. The monoisotopic (exact) mass is 410 g/mol. The lowest BCUT2D eigenvalue weighted by molar-refractivity contribution is -0.125. The summed E-state index contributed by atoms with van der Waals surface area (Å²) in [7, 11) is 1.62. The van der Waals surface area contributed by atoms with Gasteiger partial charge in [0.25, 0.3) is 0 Å². The lowest BCUT2D eigenvalue weighted by Gasteiger charge is -2.30. The number of methoxy groups -OCH3 is 1. The summed E-state index contributed by atoms with van der Waals surface area (Å²) in [5.74, 6) is 0.763. The van der Waals surface area contributed by atoms with Crippen molar-refractivity contribution in [2.45, 2.75) is 19.4 Å². The number of carbonyl (C=O) groups excluding carboxylic acids is 1. The third-order valence-electron chi connectivity index (χ3n) is 5.21. The molecule has 30 heavy (non-hydrogen) atoms. The number of nitrogens with zero attached hydrogens (tertiary/aromatic N) is 3. The molecule has 0 saturated carbocycles. The summed E-state index contributed by atoms with van der Waals surface area (Å²) in [4.78, 5) is 19.1. The molecule has 0 radical (unpaired) electrons. The van der Waals surface area contributed by atoms with Crippen molar-refractivity contribution in [2.75, 3.05) is 25.1 Å². The lowest BCUT2D eigenvalue weighted by Crippen LogP contribution is -2.43. The summed E-state index contributed by atoms with van der Waals surface area (Å²) >= 11 is 0. The molecule has 2 heterocycles. The van der Waals surface area contributed by atoms with Gasteiger partial charge in [0.2, 0.25) is 11.7 Å². The smallest absolute Gasteiger partial charge is 0.324 e. The maximum atomic E-state index is 13.0. The number of anilines is 1. The third kappa shape index (κ3) is 4.59. The topological polar surface area (TPSA) is 80.5 Å². The van der Waals surface area contributed by atoms with Crippen LogP contribution < -0.4 is 15.0 Å². The summed E-state index contributed by atoms with van der Waals surface area (Å²) in [6.45, 7) is 1.64. The number of hydrogen-bond acceptors (Lipinski definition) is 6. The molecule has 1 fully saturated rings. The van der Waals surface area contributed by atoms with E-state index in [2.05, 4.69) is 15.5 Å². The summed E-state index contributed by atoms with van der Waals surface area (Å²) < 4.78 is 23.6. The van der Waals surface area contributed by atoms with Crippen LogP contribution in [-0.2, 0) is 11.3 Å². The molecule has 1 atom stereocenters. The van der Waals surface area contributed by atoms with Gasteiger partial charge in [0.1, 0.15) is 11.6 Å². The van der Waals surface area contributed by atoms with Gasteiger partial charge >= 0.3 is 6.01 Å². The molecule has 1 N–H and O–H groups in total. The van der Waals surface area contributed by atoms with Gasteiger partial charge in [-0.15, -0.1) is 0 Å². The van der Waals surface area contributed by atoms with Crippen LogP contribution in [0.4, 0.5) is 10.4 Å². The van der Waals surface area contributed by atoms with Crippen molar-refractivity contribution in [1.29, 1.82) is 0 Å². The second kappa shape index (κ2) is 8.94. The van der Waals surface area contributed by atoms with Gasteiger partial charge in [0.05, 0.1) is 13.0 Å². The van der Waals surface area contributed by atoms with Gasteiger partial charge in [0, 0.05) is 25.2 Å². The number of ether oxygens (including phenoxy) is 1. The summed E-state index contributed by atoms with van der Waals surface area (Å²) in [6, 6.07) is 14.0. The summed E-state index contributed by atoms with van der Waals surface area (Å²) in [5, 5.41) is 7.01. The van der Waals surface area contributed by atoms with E-state index in [1.165, 1.54) is 12.1 Å². The lowest BCUT2D eigenvalue weighted by atomic mass is 9.97. The van der Waals surface area contributed by atoms with E-state index < -0.39 is 0 Å². The van der Waals surface area contributed by atoms with Crippen molar-refractivity contribution >= 4 is 11.9 Å². The van der Waals surface area contributed by atoms with Crippen molar-refractivity contribution in [2.24, 2.45) is 5.92 Å². The number of carbonyl (C=O) groups is 1. The predicted octanol–water partition coefficient (Wildman–Crippen LogP) is 3.42. The Labute approximate surface area is 173 Å². The number of halogens is 1. The van der Waals surface area contributed by atoms with E-state index in [0.717, 1.165) is 36.3 Å². The zero-order valence-corrected chi connectivity index (χ0v) is 16.7. The molecule has 3 aromatic rings. The molecular formula is C22H23FN4O3. The van der Waals surface area contributed by atoms with Gasteiger partial charge < -0.3 is 19.5 Å². The molecule has 0 bridgehead atoms. The largest absolute Gasteiger partial charge is 0.497 e. The normalized spacial score (nSPS) is 16.3. The first-order valence-corrected chi connectivity index (χ1v) is 9.87. The Balaban J connectivity index is 1.37. The number of piperidine rings is 1. The molecule has 0 spiro atoms. The van der Waals surface area contributed by atoms with Crippen molar-refractivity contribution in [3.63, 3.8) is 0 Å². The Morgan fingerprint density at radius 2 is 2.00 bits per heavy atom. The van der Waals surface area contributed by atoms with Crippen molar-refractivity contribution < 1.29 is 18.4 Å². The van der Waals surface area contributed by atoms with Crippen LogP contribution >= 0.6 is 0 Å². The zero-order chi connectivity index (χ0) is 20.9. The van der Waals surface area contributed by atoms with Crippen LogP contribution in [-0.4, -0.2) is 36.2 Å². The van der Waals surface area contributed by atoms with Crippen LogP contribution in [0.25, 0.3) is 11.4 Å². The number of rotatable bonds is 6. The van der Waals surface area contributed by atoms with E-state index in [1.807, 2.05) is 29.2 Å². The molecule has 156 valence electrons. The van der Waals surface area contributed by atoms with Crippen molar-refractivity contribution in [1.82, 2.24) is 15.5 Å². The average Bonchev–Trinajstić information content (AvgIpc) is 3.29. The van der Waals surface area contributed by atoms with Crippen LogP contribution in [0.1, 0.15) is 18.4 Å². The second-order valence-corrected chi connectivity index (χ2v) is 7.26. The maximum absolute atomic E-state index is 13.0. The molecule has 1 aliphatic rings. The first-order valence-electron chi connectivity index (χ1n) is 9.87. The summed E-state index contributed by atoms with van der Waals surface area (Å²) in [5.41, 5.74) is 1.69. The molecule has 1 aromatic heterocycles. The molecule has 7 nitrogen and oxygen atoms in total. The highest BCUT2D eigenvalue weighted by Gasteiger charge is 2.28. The highest BCUT2D eigenvalue weighted by molar-refractivity contribution is 5.79. The van der Waals surface area contributed by atoms with Gasteiger partial charge in [-0.2, -0.15) is 4.98 Å². The van der Waals surface area contributed by atoms with Gasteiger partial charge in [0.15, 0.2) is 0 Å². The van der Waals surface area contributed by atoms with Gasteiger partial charge in [-0.05, 0) is 54.8 Å². The summed E-state index contributed by atoms with van der Waals surface area (Å²) in [6.07, 6.45) is 1.65. The molecule has 8 heteroatoms. The number of benzene rings is 2. The number of hydrogen-bond donors (Lipinski definition) is 1. The third-order valence-corrected chi connectivity index (χ3v) is 5.21. The van der Waals surface area contributed by atoms with E-state index in [1.54, 1.807) is 19.2 Å². The molecule has 0 aliphatic carbocycles. The second-order valence-electron chi connectivity index (χ2n) is 7.26. The SMILES string of the molecule is COc1ccc(-c2noc(N3CCC[C@@H](C(=O)NCc4ccc(F)cc4)C3)n2)cc1. The van der Waals surface area contributed by atoms with Gasteiger partial charge in [-0.25, -0.2) is 4.39 Å². The molecule has 1 amide bonds. The molecule has 1 aliphatic heterocycles. The van der Waals surface area contributed by atoms with Crippen LogP contribution in [0.3, 0.4) is 0 Å². The number of amides is 1. The Hall–Kier alpha value is -3.42. The fourth-order valence-electron chi connectivity index (χ4n) is 3.50. The minimum Gasteiger partial charge on any atom is -0.497 e. The number of aromatic nitrogens is 2. The van der Waals surface area contributed by atoms with Crippen LogP contribution in [0.5, 0.6) is 5.75 Å². The molecule has 0 unspecified atom stereocenters. The highest BCUT2D eigenvalue weighted by atomic mass is 19.1. The van der Waals surface area contributed by atoms with E-state index in [4.69, 9.17) is 9.26 Å². The van der Waals surface area contributed by atoms with Crippen molar-refractivity contribution in [3.05, 3.63) is 59.9 Å². The average molecular weight is 410 g/mol. The van der Waals surface area contributed by atoms with Gasteiger partial charge in [-0.3, -0.25) is 4.79 Å². The number of nitrogens with one attached hydrogen (secondary N) is 1. The fourth-order valence-corrected chi connectivity index (χ4v) is 3.50. The van der Waals surface area contributed by atoms with Crippen molar-refractivity contribution in [3.8, 4) is 17.1 Å². The molecular weight excluding hydrogens is 387 g/mol. The standard InChI is InChI=1S/C22H23FN4O3/c1-29-19-10-6-16(7-11-19)20-25-22(30-26-20)27-12-2-3-17(14-27)21(28)24-13-15-4-8-18(23)9-5-15/h4-11,17H,2-3,12-14H2,1H3,(H,24,28)/t17-/m1/s1. The van der Waals surface area contributed by atoms with Gasteiger partial charge in [-0.1, -0.05) is 17.3 Å². The Morgan fingerprint density at radius 1 is 1.23 bits per heavy atom. The molecule has 2 aromatic carbocycles.